The van der Waals surface area contributed by atoms with Crippen LogP contribution in [0.1, 0.15) is 29.3 Å². The zero-order valence-electron chi connectivity index (χ0n) is 12.5. The van der Waals surface area contributed by atoms with Crippen LogP contribution in [-0.4, -0.2) is 16.7 Å². The molecule has 4 heteroatoms. The highest BCUT2D eigenvalue weighted by Gasteiger charge is 2.27. The Morgan fingerprint density at radius 3 is 2.52 bits per heavy atom. The van der Waals surface area contributed by atoms with Gasteiger partial charge in [0.15, 0.2) is 0 Å². The number of aromatic nitrogens is 1. The third kappa shape index (κ3) is 3.04. The third-order valence-electron chi connectivity index (χ3n) is 3.58. The van der Waals surface area contributed by atoms with E-state index in [0.717, 1.165) is 16.8 Å². The lowest BCUT2D eigenvalue weighted by Crippen LogP contribution is -2.36. The van der Waals surface area contributed by atoms with Gasteiger partial charge in [0.2, 0.25) is 0 Å². The number of nitrogens with one attached hydrogen (secondary N) is 1. The number of hydrogen-bond acceptors (Lipinski definition) is 4. The molecule has 1 atom stereocenters. The number of hydrogen-bond donors (Lipinski definition) is 2. The van der Waals surface area contributed by atoms with Crippen LogP contribution in [0.3, 0.4) is 0 Å². The molecule has 0 amide bonds. The number of pyridine rings is 1. The molecule has 4 nitrogen and oxygen atoms in total. The minimum atomic E-state index is -0.694. The summed E-state index contributed by atoms with van der Waals surface area (Å²) >= 11 is 0. The van der Waals surface area contributed by atoms with Crippen molar-refractivity contribution in [2.24, 2.45) is 0 Å². The van der Waals surface area contributed by atoms with Crippen molar-refractivity contribution < 1.29 is 5.11 Å². The van der Waals surface area contributed by atoms with Crippen molar-refractivity contribution in [1.29, 1.82) is 5.26 Å². The van der Waals surface area contributed by atoms with Crippen molar-refractivity contribution >= 4 is 5.82 Å². The van der Waals surface area contributed by atoms with Gasteiger partial charge in [-0.25, -0.2) is 4.98 Å². The molecule has 1 aromatic carbocycles. The number of aliphatic hydroxyl groups is 1. The van der Waals surface area contributed by atoms with Gasteiger partial charge in [0, 0.05) is 5.69 Å². The minimum absolute atomic E-state index is 0.101. The summed E-state index contributed by atoms with van der Waals surface area (Å²) in [4.78, 5) is 4.42. The van der Waals surface area contributed by atoms with Crippen molar-refractivity contribution in [2.75, 3.05) is 11.9 Å². The van der Waals surface area contributed by atoms with Gasteiger partial charge in [0.25, 0.3) is 0 Å². The van der Waals surface area contributed by atoms with Crippen LogP contribution in [0.4, 0.5) is 5.82 Å². The summed E-state index contributed by atoms with van der Waals surface area (Å²) in [7, 11) is 0. The van der Waals surface area contributed by atoms with E-state index in [1.165, 1.54) is 0 Å². The number of nitriles is 1. The molecule has 0 bridgehead atoms. The number of aryl methyl sites for hydroxylation is 2. The zero-order valence-corrected chi connectivity index (χ0v) is 12.5. The highest BCUT2D eigenvalue weighted by molar-refractivity contribution is 5.58. The van der Waals surface area contributed by atoms with Crippen molar-refractivity contribution in [3.05, 3.63) is 58.8 Å². The molecule has 0 aliphatic carbocycles. The minimum Gasteiger partial charge on any atom is -0.394 e. The van der Waals surface area contributed by atoms with Gasteiger partial charge >= 0.3 is 0 Å². The van der Waals surface area contributed by atoms with E-state index in [1.54, 1.807) is 0 Å². The summed E-state index contributed by atoms with van der Waals surface area (Å²) in [6.07, 6.45) is 0. The Kier molecular flexibility index (Phi) is 4.25. The Morgan fingerprint density at radius 1 is 1.29 bits per heavy atom. The Morgan fingerprint density at radius 2 is 1.95 bits per heavy atom. The summed E-state index contributed by atoms with van der Waals surface area (Å²) in [5.41, 5.74) is 2.47. The van der Waals surface area contributed by atoms with Gasteiger partial charge in [-0.1, -0.05) is 30.3 Å². The molecule has 1 heterocycles. The van der Waals surface area contributed by atoms with Crippen LogP contribution in [0.15, 0.2) is 36.4 Å². The van der Waals surface area contributed by atoms with E-state index in [9.17, 15) is 10.4 Å². The summed E-state index contributed by atoms with van der Waals surface area (Å²) in [6.45, 7) is 5.56. The molecule has 108 valence electrons. The smallest absolute Gasteiger partial charge is 0.145 e. The standard InChI is InChI=1S/C17H19N3O/c1-12-9-13(2)19-16(15(12)10-18)20-17(3,11-21)14-7-5-4-6-8-14/h4-9,21H,11H2,1-3H3,(H,19,20). The maximum atomic E-state index is 9.83. The Balaban J connectivity index is 2.47. The van der Waals surface area contributed by atoms with Crippen LogP contribution in [0, 0.1) is 25.2 Å². The number of aliphatic hydroxyl groups excluding tert-OH is 1. The molecule has 1 aromatic heterocycles. The predicted octanol–water partition coefficient (Wildman–Crippen LogP) is 2.89. The fourth-order valence-electron chi connectivity index (χ4n) is 2.34. The first kappa shape index (κ1) is 15.0. The van der Waals surface area contributed by atoms with Crippen LogP contribution in [0.2, 0.25) is 0 Å². The van der Waals surface area contributed by atoms with Crippen molar-refractivity contribution in [3.8, 4) is 6.07 Å². The van der Waals surface area contributed by atoms with E-state index in [1.807, 2.05) is 57.2 Å². The van der Waals surface area contributed by atoms with Gasteiger partial charge in [-0.3, -0.25) is 0 Å². The summed E-state index contributed by atoms with van der Waals surface area (Å²) in [5, 5.41) is 22.4. The molecule has 2 rings (SSSR count). The first-order valence-corrected chi connectivity index (χ1v) is 6.83. The topological polar surface area (TPSA) is 68.9 Å². The van der Waals surface area contributed by atoms with E-state index in [0.29, 0.717) is 11.4 Å². The number of rotatable bonds is 4. The molecule has 0 spiro atoms. The van der Waals surface area contributed by atoms with Crippen LogP contribution in [0.25, 0.3) is 0 Å². The molecular formula is C17H19N3O. The maximum absolute atomic E-state index is 9.83. The van der Waals surface area contributed by atoms with E-state index >= 15 is 0 Å². The van der Waals surface area contributed by atoms with Gasteiger partial charge in [-0.2, -0.15) is 5.26 Å². The second-order valence-corrected chi connectivity index (χ2v) is 5.40. The molecule has 2 N–H and O–H groups in total. The average Bonchev–Trinajstić information content (AvgIpc) is 2.47. The Hall–Kier alpha value is -2.38. The molecule has 0 saturated carbocycles. The third-order valence-corrected chi connectivity index (χ3v) is 3.58. The Bertz CT molecular complexity index is 676. The van der Waals surface area contributed by atoms with Crippen LogP contribution < -0.4 is 5.32 Å². The summed E-state index contributed by atoms with van der Waals surface area (Å²) in [6, 6.07) is 13.7. The van der Waals surface area contributed by atoms with Crippen LogP contribution >= 0.6 is 0 Å². The fraction of sp³-hybridized carbons (Fsp3) is 0.294. The fourth-order valence-corrected chi connectivity index (χ4v) is 2.34. The van der Waals surface area contributed by atoms with Crippen molar-refractivity contribution in [3.63, 3.8) is 0 Å². The monoisotopic (exact) mass is 281 g/mol. The van der Waals surface area contributed by atoms with Crippen LogP contribution in [0.5, 0.6) is 0 Å². The molecular weight excluding hydrogens is 262 g/mol. The molecule has 2 aromatic rings. The van der Waals surface area contributed by atoms with Gasteiger partial charge in [-0.15, -0.1) is 0 Å². The lowest BCUT2D eigenvalue weighted by molar-refractivity contribution is 0.223. The zero-order chi connectivity index (χ0) is 15.5. The molecule has 21 heavy (non-hydrogen) atoms. The van der Waals surface area contributed by atoms with Crippen LogP contribution in [-0.2, 0) is 5.54 Å². The molecule has 0 radical (unpaired) electrons. The van der Waals surface area contributed by atoms with Gasteiger partial charge in [0.05, 0.1) is 17.7 Å². The van der Waals surface area contributed by atoms with E-state index < -0.39 is 5.54 Å². The molecule has 0 saturated heterocycles. The highest BCUT2D eigenvalue weighted by atomic mass is 16.3. The quantitative estimate of drug-likeness (QED) is 0.904. The first-order chi connectivity index (χ1) is 10.00. The lowest BCUT2D eigenvalue weighted by Gasteiger charge is -2.30. The highest BCUT2D eigenvalue weighted by Crippen LogP contribution is 2.27. The average molecular weight is 281 g/mol. The largest absolute Gasteiger partial charge is 0.394 e. The Labute approximate surface area is 125 Å². The molecule has 1 unspecified atom stereocenters. The predicted molar refractivity (Wildman–Crippen MR) is 82.9 cm³/mol. The first-order valence-electron chi connectivity index (χ1n) is 6.83. The summed E-state index contributed by atoms with van der Waals surface area (Å²) < 4.78 is 0. The molecule has 0 aliphatic heterocycles. The van der Waals surface area contributed by atoms with Crippen molar-refractivity contribution in [1.82, 2.24) is 4.98 Å². The van der Waals surface area contributed by atoms with Gasteiger partial charge in [0.1, 0.15) is 11.9 Å². The summed E-state index contributed by atoms with van der Waals surface area (Å²) in [5.74, 6) is 0.510. The molecule has 0 fully saturated rings. The second kappa shape index (κ2) is 5.94. The SMILES string of the molecule is Cc1cc(C)c(C#N)c(NC(C)(CO)c2ccccc2)n1. The number of nitrogens with zero attached hydrogens (tertiary/aromatic N) is 2. The van der Waals surface area contributed by atoms with E-state index in [4.69, 9.17) is 0 Å². The second-order valence-electron chi connectivity index (χ2n) is 5.40. The normalized spacial score (nSPS) is 13.3. The number of benzene rings is 1. The maximum Gasteiger partial charge on any atom is 0.145 e. The molecule has 0 aliphatic rings. The van der Waals surface area contributed by atoms with Gasteiger partial charge in [-0.05, 0) is 38.0 Å². The van der Waals surface area contributed by atoms with Gasteiger partial charge < -0.3 is 10.4 Å². The lowest BCUT2D eigenvalue weighted by atomic mass is 9.92. The van der Waals surface area contributed by atoms with E-state index in [2.05, 4.69) is 16.4 Å². The van der Waals surface area contributed by atoms with E-state index in [-0.39, 0.29) is 6.61 Å². The van der Waals surface area contributed by atoms with Crippen molar-refractivity contribution in [2.45, 2.75) is 26.3 Å². The number of anilines is 1.